The molecule has 0 aliphatic carbocycles. The summed E-state index contributed by atoms with van der Waals surface area (Å²) >= 11 is 0. The number of benzene rings is 1. The minimum atomic E-state index is -3.14. The third-order valence-electron chi connectivity index (χ3n) is 4.73. The highest BCUT2D eigenvalue weighted by molar-refractivity contribution is 7.91. The summed E-state index contributed by atoms with van der Waals surface area (Å²) < 4.78 is 28.5. The highest BCUT2D eigenvalue weighted by Crippen LogP contribution is 2.22. The molecule has 0 saturated carbocycles. The molecule has 27 heavy (non-hydrogen) atoms. The number of rotatable bonds is 6. The summed E-state index contributed by atoms with van der Waals surface area (Å²) in [5, 5.41) is 8.21. The molecule has 2 heterocycles. The average Bonchev–Trinajstić information content (AvgIpc) is 3.01. The summed E-state index contributed by atoms with van der Waals surface area (Å²) in [6.45, 7) is 0.772. The van der Waals surface area contributed by atoms with Gasteiger partial charge in [0, 0.05) is 26.5 Å². The molecule has 1 aromatic rings. The lowest BCUT2D eigenvalue weighted by molar-refractivity contribution is -0.133. The van der Waals surface area contributed by atoms with E-state index in [2.05, 4.69) is 10.4 Å². The zero-order valence-corrected chi connectivity index (χ0v) is 16.0. The van der Waals surface area contributed by atoms with Gasteiger partial charge in [0.25, 0.3) is 5.91 Å². The number of hydrogen-bond donors (Lipinski definition) is 1. The lowest BCUT2D eigenvalue weighted by atomic mass is 10.1. The van der Waals surface area contributed by atoms with Crippen LogP contribution in [0.2, 0.25) is 0 Å². The van der Waals surface area contributed by atoms with Gasteiger partial charge < -0.3 is 10.1 Å². The molecular formula is C18H23N3O5S. The minimum absolute atomic E-state index is 0.0504. The van der Waals surface area contributed by atoms with Crippen LogP contribution < -0.4 is 5.32 Å². The fraction of sp³-hybridized carbons (Fsp3) is 0.500. The fourth-order valence-corrected chi connectivity index (χ4v) is 4.98. The van der Waals surface area contributed by atoms with Crippen LogP contribution in [-0.4, -0.2) is 55.6 Å². The Labute approximate surface area is 158 Å². The van der Waals surface area contributed by atoms with E-state index in [0.717, 1.165) is 11.1 Å². The maximum Gasteiger partial charge on any atom is 0.267 e. The molecule has 1 fully saturated rings. The van der Waals surface area contributed by atoms with Gasteiger partial charge in [-0.15, -0.1) is 0 Å². The first-order chi connectivity index (χ1) is 12.9. The molecule has 9 heteroatoms. The molecule has 0 bridgehead atoms. The number of hydrogen-bond acceptors (Lipinski definition) is 6. The van der Waals surface area contributed by atoms with Gasteiger partial charge in [-0.25, -0.2) is 13.4 Å². The van der Waals surface area contributed by atoms with Crippen LogP contribution in [0.1, 0.15) is 30.4 Å². The molecule has 146 valence electrons. The van der Waals surface area contributed by atoms with Crippen molar-refractivity contribution in [2.24, 2.45) is 5.10 Å². The summed E-state index contributed by atoms with van der Waals surface area (Å²) in [4.78, 5) is 24.6. The molecule has 2 aliphatic heterocycles. The Morgan fingerprint density at radius 1 is 1.30 bits per heavy atom. The van der Waals surface area contributed by atoms with Gasteiger partial charge in [0.1, 0.15) is 5.71 Å². The van der Waals surface area contributed by atoms with E-state index in [4.69, 9.17) is 4.74 Å². The quantitative estimate of drug-likeness (QED) is 0.763. The normalized spacial score (nSPS) is 21.8. The zero-order valence-electron chi connectivity index (χ0n) is 15.2. The van der Waals surface area contributed by atoms with Crippen LogP contribution in [0.3, 0.4) is 0 Å². The standard InChI is InChI=1S/C18H23N3O5S/c1-26-11-14-5-3-2-4-13(14)10-19-18(23)16-6-7-17(22)21(20-16)15-8-9-27(24,25)12-15/h2-5,15H,6-12H2,1H3,(H,19,23)/t15-/m0/s1. The topological polar surface area (TPSA) is 105 Å². The molecule has 0 unspecified atom stereocenters. The second-order valence-electron chi connectivity index (χ2n) is 6.73. The smallest absolute Gasteiger partial charge is 0.267 e. The first kappa shape index (κ1) is 19.5. The Bertz CT molecular complexity index is 866. The Balaban J connectivity index is 1.67. The van der Waals surface area contributed by atoms with Crippen molar-refractivity contribution in [1.29, 1.82) is 0 Å². The van der Waals surface area contributed by atoms with E-state index < -0.39 is 15.9 Å². The van der Waals surface area contributed by atoms with Crippen molar-refractivity contribution in [2.45, 2.75) is 38.5 Å². The minimum Gasteiger partial charge on any atom is -0.380 e. The van der Waals surface area contributed by atoms with Gasteiger partial charge in [0.15, 0.2) is 9.84 Å². The van der Waals surface area contributed by atoms with Gasteiger partial charge in [-0.1, -0.05) is 24.3 Å². The first-order valence-electron chi connectivity index (χ1n) is 8.83. The van der Waals surface area contributed by atoms with E-state index in [1.807, 2.05) is 24.3 Å². The number of methoxy groups -OCH3 is 1. The Morgan fingerprint density at radius 2 is 2.04 bits per heavy atom. The highest BCUT2D eigenvalue weighted by Gasteiger charge is 2.37. The maximum absolute atomic E-state index is 12.5. The van der Waals surface area contributed by atoms with Gasteiger partial charge in [-0.05, 0) is 17.5 Å². The predicted molar refractivity (Wildman–Crippen MR) is 99.6 cm³/mol. The van der Waals surface area contributed by atoms with Crippen LogP contribution in [0.15, 0.2) is 29.4 Å². The monoisotopic (exact) mass is 393 g/mol. The molecule has 0 spiro atoms. The summed E-state index contributed by atoms with van der Waals surface area (Å²) in [6, 6.07) is 7.16. The molecule has 2 aliphatic rings. The van der Waals surface area contributed by atoms with Crippen LogP contribution in [0.4, 0.5) is 0 Å². The molecule has 8 nitrogen and oxygen atoms in total. The molecular weight excluding hydrogens is 370 g/mol. The van der Waals surface area contributed by atoms with Crippen molar-refractivity contribution in [3.63, 3.8) is 0 Å². The van der Waals surface area contributed by atoms with Gasteiger partial charge in [0.2, 0.25) is 5.91 Å². The van der Waals surface area contributed by atoms with Crippen molar-refractivity contribution in [3.05, 3.63) is 35.4 Å². The maximum atomic E-state index is 12.5. The summed E-state index contributed by atoms with van der Waals surface area (Å²) in [5.41, 5.74) is 2.18. The van der Waals surface area contributed by atoms with Crippen molar-refractivity contribution in [1.82, 2.24) is 10.3 Å². The van der Waals surface area contributed by atoms with Crippen LogP contribution in [0.25, 0.3) is 0 Å². The van der Waals surface area contributed by atoms with Gasteiger partial charge in [0.05, 0.1) is 24.2 Å². The Hall–Kier alpha value is -2.26. The van der Waals surface area contributed by atoms with Crippen LogP contribution in [-0.2, 0) is 37.3 Å². The first-order valence-corrected chi connectivity index (χ1v) is 10.7. The van der Waals surface area contributed by atoms with Crippen LogP contribution >= 0.6 is 0 Å². The fourth-order valence-electron chi connectivity index (χ4n) is 3.29. The second kappa shape index (κ2) is 8.18. The van der Waals surface area contributed by atoms with E-state index in [-0.39, 0.29) is 41.9 Å². The predicted octanol–water partition coefficient (Wildman–Crippen LogP) is 0.615. The number of sulfone groups is 1. The van der Waals surface area contributed by atoms with E-state index >= 15 is 0 Å². The Morgan fingerprint density at radius 3 is 2.70 bits per heavy atom. The third-order valence-corrected chi connectivity index (χ3v) is 6.48. The van der Waals surface area contributed by atoms with E-state index in [9.17, 15) is 18.0 Å². The molecule has 1 aromatic carbocycles. The molecule has 1 atom stereocenters. The van der Waals surface area contributed by atoms with Crippen molar-refractivity contribution >= 4 is 27.4 Å². The zero-order chi connectivity index (χ0) is 19.4. The van der Waals surface area contributed by atoms with Crippen molar-refractivity contribution in [3.8, 4) is 0 Å². The SMILES string of the molecule is COCc1ccccc1CNC(=O)C1=NN([C@H]2CCS(=O)(=O)C2)C(=O)CC1. The van der Waals surface area contributed by atoms with Crippen molar-refractivity contribution < 1.29 is 22.7 Å². The number of nitrogens with one attached hydrogen (secondary N) is 1. The number of nitrogens with zero attached hydrogens (tertiary/aromatic N) is 2. The largest absolute Gasteiger partial charge is 0.380 e. The second-order valence-corrected chi connectivity index (χ2v) is 8.95. The molecule has 1 N–H and O–H groups in total. The molecule has 0 radical (unpaired) electrons. The number of carbonyl (C=O) groups excluding carboxylic acids is 2. The van der Waals surface area contributed by atoms with Gasteiger partial charge in [-0.2, -0.15) is 5.10 Å². The lowest BCUT2D eigenvalue weighted by Gasteiger charge is -2.27. The van der Waals surface area contributed by atoms with E-state index in [1.165, 1.54) is 5.01 Å². The number of ether oxygens (including phenoxy) is 1. The van der Waals surface area contributed by atoms with Crippen LogP contribution in [0.5, 0.6) is 0 Å². The van der Waals surface area contributed by atoms with Crippen LogP contribution in [0, 0.1) is 0 Å². The lowest BCUT2D eigenvalue weighted by Crippen LogP contribution is -2.43. The van der Waals surface area contributed by atoms with E-state index in [0.29, 0.717) is 19.6 Å². The molecule has 1 saturated heterocycles. The van der Waals surface area contributed by atoms with E-state index in [1.54, 1.807) is 7.11 Å². The third kappa shape index (κ3) is 4.72. The molecule has 3 rings (SSSR count). The summed E-state index contributed by atoms with van der Waals surface area (Å²) in [6.07, 6.45) is 0.764. The summed E-state index contributed by atoms with van der Waals surface area (Å²) in [7, 11) is -1.53. The number of hydrazone groups is 1. The summed E-state index contributed by atoms with van der Waals surface area (Å²) in [5.74, 6) is -0.629. The number of carbonyl (C=O) groups is 2. The number of amides is 2. The average molecular weight is 393 g/mol. The van der Waals surface area contributed by atoms with Gasteiger partial charge >= 0.3 is 0 Å². The molecule has 2 amide bonds. The van der Waals surface area contributed by atoms with Gasteiger partial charge in [-0.3, -0.25) is 9.59 Å². The molecule has 0 aromatic heterocycles. The Kier molecular flexibility index (Phi) is 5.91. The van der Waals surface area contributed by atoms with Crippen molar-refractivity contribution in [2.75, 3.05) is 18.6 Å². The highest BCUT2D eigenvalue weighted by atomic mass is 32.2.